The number of anilines is 1. The Hall–Kier alpha value is -2.25. The lowest BCUT2D eigenvalue weighted by Crippen LogP contribution is -2.32. The van der Waals surface area contributed by atoms with E-state index < -0.39 is 0 Å². The number of amides is 2. The van der Waals surface area contributed by atoms with Crippen molar-refractivity contribution >= 4 is 34.7 Å². The number of carbonyl (C=O) groups is 2. The number of rotatable bonds is 8. The lowest BCUT2D eigenvalue weighted by atomic mass is 10.0. The third kappa shape index (κ3) is 4.77. The van der Waals surface area contributed by atoms with Crippen molar-refractivity contribution in [1.29, 1.82) is 0 Å². The minimum Gasteiger partial charge on any atom is -0.384 e. The van der Waals surface area contributed by atoms with Crippen LogP contribution < -0.4 is 21.3 Å². The summed E-state index contributed by atoms with van der Waals surface area (Å²) in [5.41, 5.74) is 10.0. The molecule has 6 nitrogen and oxygen atoms in total. The molecule has 0 radical (unpaired) electrons. The van der Waals surface area contributed by atoms with Gasteiger partial charge in [-0.2, -0.15) is 0 Å². The Bertz CT molecular complexity index is 806. The molecule has 150 valence electrons. The Morgan fingerprint density at radius 3 is 2.96 bits per heavy atom. The summed E-state index contributed by atoms with van der Waals surface area (Å²) >= 11 is 0.959. The van der Waals surface area contributed by atoms with Gasteiger partial charge in [-0.1, -0.05) is 31.7 Å². The number of thioether (sulfide) groups is 1. The quantitative estimate of drug-likeness (QED) is 0.582. The van der Waals surface area contributed by atoms with Crippen molar-refractivity contribution in [2.75, 3.05) is 24.5 Å². The standard InChI is InChI=1S/C21H28N4O2S/c1-3-15-7-4-8-16(12-18-20(26)24-21(27)28-18)19(15)25-11-9-17(13-25)23-14(2)6-5-10-22/h4,7-8,12,17,23H,2-3,5-6,9-11,13,22H2,1H3,(H,24,26,27)/b18-12-/t17-/m0/s1. The molecule has 0 aromatic heterocycles. The van der Waals surface area contributed by atoms with Gasteiger partial charge in [-0.15, -0.1) is 0 Å². The van der Waals surface area contributed by atoms with Gasteiger partial charge in [0.25, 0.3) is 11.1 Å². The average Bonchev–Trinajstić information content (AvgIpc) is 3.25. The number of aryl methyl sites for hydroxylation is 1. The molecule has 2 amide bonds. The van der Waals surface area contributed by atoms with Gasteiger partial charge >= 0.3 is 0 Å². The van der Waals surface area contributed by atoms with Crippen LogP contribution in [-0.2, 0) is 11.2 Å². The van der Waals surface area contributed by atoms with Crippen LogP contribution in [-0.4, -0.2) is 36.8 Å². The monoisotopic (exact) mass is 400 g/mol. The Balaban J connectivity index is 1.80. The second-order valence-electron chi connectivity index (χ2n) is 7.13. The summed E-state index contributed by atoms with van der Waals surface area (Å²) in [5, 5.41) is 5.55. The van der Waals surface area contributed by atoms with Gasteiger partial charge in [0, 0.05) is 30.5 Å². The number of nitrogens with zero attached hydrogens (tertiary/aromatic N) is 1. The van der Waals surface area contributed by atoms with E-state index >= 15 is 0 Å². The van der Waals surface area contributed by atoms with E-state index in [1.54, 1.807) is 0 Å². The molecule has 2 fully saturated rings. The maximum Gasteiger partial charge on any atom is 0.290 e. The summed E-state index contributed by atoms with van der Waals surface area (Å²) < 4.78 is 0. The highest BCUT2D eigenvalue weighted by atomic mass is 32.2. The molecule has 1 aromatic carbocycles. The molecule has 2 aliphatic heterocycles. The van der Waals surface area contributed by atoms with E-state index in [1.165, 1.54) is 5.56 Å². The SMILES string of the molecule is C=C(CCCN)N[C@H]1CCN(c2c(/C=C3\SC(=O)NC3=O)cccc2CC)C1. The number of nitrogens with one attached hydrogen (secondary N) is 2. The molecule has 28 heavy (non-hydrogen) atoms. The van der Waals surface area contributed by atoms with Crippen molar-refractivity contribution in [3.05, 3.63) is 46.5 Å². The number of nitrogens with two attached hydrogens (primary N) is 1. The van der Waals surface area contributed by atoms with Crippen molar-refractivity contribution in [3.8, 4) is 0 Å². The maximum atomic E-state index is 12.0. The van der Waals surface area contributed by atoms with Crippen LogP contribution in [0.15, 0.2) is 35.4 Å². The Morgan fingerprint density at radius 1 is 1.46 bits per heavy atom. The van der Waals surface area contributed by atoms with Crippen LogP contribution >= 0.6 is 11.8 Å². The van der Waals surface area contributed by atoms with Gasteiger partial charge in [0.05, 0.1) is 4.91 Å². The first-order chi connectivity index (χ1) is 13.5. The van der Waals surface area contributed by atoms with Gasteiger partial charge in [0.2, 0.25) is 0 Å². The third-order valence-corrected chi connectivity index (χ3v) is 5.87. The number of benzene rings is 1. The van der Waals surface area contributed by atoms with Gasteiger partial charge < -0.3 is 16.0 Å². The van der Waals surface area contributed by atoms with Crippen molar-refractivity contribution in [1.82, 2.24) is 10.6 Å². The average molecular weight is 401 g/mol. The largest absolute Gasteiger partial charge is 0.384 e. The summed E-state index contributed by atoms with van der Waals surface area (Å²) in [6, 6.07) is 6.50. The molecule has 2 heterocycles. The summed E-state index contributed by atoms with van der Waals surface area (Å²) in [4.78, 5) is 26.3. The van der Waals surface area contributed by atoms with Crippen LogP contribution in [0.2, 0.25) is 0 Å². The summed E-state index contributed by atoms with van der Waals surface area (Å²) in [7, 11) is 0. The van der Waals surface area contributed by atoms with Crippen LogP contribution in [0.3, 0.4) is 0 Å². The first-order valence-electron chi connectivity index (χ1n) is 9.78. The second kappa shape index (κ2) is 9.30. The zero-order valence-corrected chi connectivity index (χ0v) is 17.1. The summed E-state index contributed by atoms with van der Waals surface area (Å²) in [6.45, 7) is 8.74. The minimum atomic E-state index is -0.319. The molecule has 7 heteroatoms. The minimum absolute atomic E-state index is 0.314. The predicted molar refractivity (Wildman–Crippen MR) is 116 cm³/mol. The Kier molecular flexibility index (Phi) is 6.80. The maximum absolute atomic E-state index is 12.0. The molecule has 0 saturated carbocycles. The van der Waals surface area contributed by atoms with Gasteiger partial charge in [-0.25, -0.2) is 0 Å². The van der Waals surface area contributed by atoms with E-state index in [0.29, 0.717) is 17.5 Å². The van der Waals surface area contributed by atoms with Crippen LogP contribution in [0.4, 0.5) is 10.5 Å². The van der Waals surface area contributed by atoms with E-state index in [2.05, 4.69) is 35.1 Å². The lowest BCUT2D eigenvalue weighted by molar-refractivity contribution is -0.115. The Labute approximate surface area is 170 Å². The van der Waals surface area contributed by atoms with Gasteiger partial charge in [0.1, 0.15) is 0 Å². The van der Waals surface area contributed by atoms with Crippen molar-refractivity contribution in [2.45, 2.75) is 38.6 Å². The first-order valence-corrected chi connectivity index (χ1v) is 10.6. The molecule has 2 saturated heterocycles. The molecular formula is C21H28N4O2S. The number of imide groups is 1. The zero-order chi connectivity index (χ0) is 20.1. The first kappa shape index (κ1) is 20.5. The smallest absolute Gasteiger partial charge is 0.290 e. The van der Waals surface area contributed by atoms with E-state index in [0.717, 1.165) is 67.5 Å². The molecule has 0 unspecified atom stereocenters. The van der Waals surface area contributed by atoms with Crippen LogP contribution in [0.5, 0.6) is 0 Å². The second-order valence-corrected chi connectivity index (χ2v) is 8.15. The third-order valence-electron chi connectivity index (χ3n) is 5.06. The van der Waals surface area contributed by atoms with E-state index in [1.807, 2.05) is 18.2 Å². The molecule has 1 aromatic rings. The Morgan fingerprint density at radius 2 is 2.29 bits per heavy atom. The highest BCUT2D eigenvalue weighted by Gasteiger charge is 2.28. The van der Waals surface area contributed by atoms with E-state index in [4.69, 9.17) is 5.73 Å². The predicted octanol–water partition coefficient (Wildman–Crippen LogP) is 2.99. The molecule has 0 spiro atoms. The van der Waals surface area contributed by atoms with Gasteiger partial charge in [-0.3, -0.25) is 14.9 Å². The summed E-state index contributed by atoms with van der Waals surface area (Å²) in [5.74, 6) is -0.319. The zero-order valence-electron chi connectivity index (χ0n) is 16.3. The lowest BCUT2D eigenvalue weighted by Gasteiger charge is -2.25. The van der Waals surface area contributed by atoms with Gasteiger partial charge in [-0.05, 0) is 61.2 Å². The number of para-hydroxylation sites is 1. The highest BCUT2D eigenvalue weighted by Crippen LogP contribution is 2.34. The van der Waals surface area contributed by atoms with Crippen LogP contribution in [0.25, 0.3) is 6.08 Å². The van der Waals surface area contributed by atoms with E-state index in [9.17, 15) is 9.59 Å². The molecular weight excluding hydrogens is 372 g/mol. The molecule has 4 N–H and O–H groups in total. The van der Waals surface area contributed by atoms with Crippen molar-refractivity contribution in [2.24, 2.45) is 5.73 Å². The number of carbonyl (C=O) groups excluding carboxylic acids is 2. The van der Waals surface area contributed by atoms with Crippen molar-refractivity contribution < 1.29 is 9.59 Å². The number of hydrogen-bond donors (Lipinski definition) is 3. The van der Waals surface area contributed by atoms with Crippen LogP contribution in [0.1, 0.15) is 37.3 Å². The highest BCUT2D eigenvalue weighted by molar-refractivity contribution is 8.18. The van der Waals surface area contributed by atoms with Crippen LogP contribution in [0, 0.1) is 0 Å². The van der Waals surface area contributed by atoms with Crippen molar-refractivity contribution in [3.63, 3.8) is 0 Å². The fourth-order valence-electron chi connectivity index (χ4n) is 3.72. The molecule has 0 aliphatic carbocycles. The summed E-state index contributed by atoms with van der Waals surface area (Å²) in [6.07, 6.45) is 5.61. The number of allylic oxidation sites excluding steroid dienone is 1. The molecule has 0 bridgehead atoms. The molecule has 1 atom stereocenters. The van der Waals surface area contributed by atoms with Gasteiger partial charge in [0.15, 0.2) is 0 Å². The fourth-order valence-corrected chi connectivity index (χ4v) is 4.39. The van der Waals surface area contributed by atoms with E-state index in [-0.39, 0.29) is 11.1 Å². The topological polar surface area (TPSA) is 87.5 Å². The normalized spacial score (nSPS) is 20.7. The number of hydrogen-bond acceptors (Lipinski definition) is 6. The fraction of sp³-hybridized carbons (Fsp3) is 0.429. The molecule has 3 rings (SSSR count). The molecule has 2 aliphatic rings.